The summed E-state index contributed by atoms with van der Waals surface area (Å²) >= 11 is 6.10. The molecule has 3 rings (SSSR count). The summed E-state index contributed by atoms with van der Waals surface area (Å²) in [4.78, 5) is 25.3. The molecule has 0 bridgehead atoms. The Kier molecular flexibility index (Phi) is 6.98. The van der Waals surface area contributed by atoms with Crippen molar-refractivity contribution in [1.29, 1.82) is 0 Å². The number of carbonyl (C=O) groups is 2. The van der Waals surface area contributed by atoms with Crippen molar-refractivity contribution < 1.29 is 19.4 Å². The Morgan fingerprint density at radius 1 is 1.39 bits per heavy atom. The molecule has 1 aliphatic heterocycles. The van der Waals surface area contributed by atoms with E-state index in [0.29, 0.717) is 16.3 Å². The summed E-state index contributed by atoms with van der Waals surface area (Å²) in [5, 5.41) is 29.5. The SMILES string of the molecule is CC(C)(C)OC[C@@H](O)C(=O)N1N=CC[C@H]1C(=O)NCc1cc(Cl)ccc1-n1cnnn1. The largest absolute Gasteiger partial charge is 0.381 e. The van der Waals surface area contributed by atoms with Gasteiger partial charge < -0.3 is 15.2 Å². The summed E-state index contributed by atoms with van der Waals surface area (Å²) in [6.45, 7) is 5.37. The van der Waals surface area contributed by atoms with Gasteiger partial charge >= 0.3 is 0 Å². The molecular formula is C19H24ClN7O4. The number of ether oxygens (including phenoxy) is 1. The molecule has 11 nitrogen and oxygen atoms in total. The maximum absolute atomic E-state index is 12.8. The Balaban J connectivity index is 1.64. The number of nitrogens with one attached hydrogen (secondary N) is 1. The van der Waals surface area contributed by atoms with Crippen LogP contribution in [0.15, 0.2) is 29.6 Å². The number of hydrazone groups is 1. The summed E-state index contributed by atoms with van der Waals surface area (Å²) in [5.41, 5.74) is 0.823. The molecule has 0 radical (unpaired) electrons. The van der Waals surface area contributed by atoms with Gasteiger partial charge in [-0.25, -0.2) is 9.69 Å². The average Bonchev–Trinajstić information content (AvgIpc) is 3.41. The number of aliphatic hydroxyl groups is 1. The van der Waals surface area contributed by atoms with Gasteiger partial charge in [-0.2, -0.15) is 5.10 Å². The fourth-order valence-corrected chi connectivity index (χ4v) is 3.08. The van der Waals surface area contributed by atoms with Crippen LogP contribution in [0.3, 0.4) is 0 Å². The highest BCUT2D eigenvalue weighted by Crippen LogP contribution is 2.20. The number of aliphatic hydroxyl groups excluding tert-OH is 1. The summed E-state index contributed by atoms with van der Waals surface area (Å²) < 4.78 is 6.91. The third-order valence-corrected chi connectivity index (χ3v) is 4.64. The first kappa shape index (κ1) is 22.8. The van der Waals surface area contributed by atoms with Gasteiger partial charge in [0, 0.05) is 24.2 Å². The van der Waals surface area contributed by atoms with E-state index in [1.165, 1.54) is 17.2 Å². The van der Waals surface area contributed by atoms with Crippen molar-refractivity contribution in [2.45, 2.75) is 51.5 Å². The fourth-order valence-electron chi connectivity index (χ4n) is 2.89. The van der Waals surface area contributed by atoms with Gasteiger partial charge in [-0.1, -0.05) is 11.6 Å². The molecule has 2 aromatic rings. The molecule has 0 spiro atoms. The minimum Gasteiger partial charge on any atom is -0.381 e. The van der Waals surface area contributed by atoms with Gasteiger partial charge in [-0.3, -0.25) is 9.59 Å². The number of benzene rings is 1. The molecule has 1 aliphatic rings. The third kappa shape index (κ3) is 5.84. The number of hydrogen-bond donors (Lipinski definition) is 2. The number of tetrazole rings is 1. The predicted octanol–water partition coefficient (Wildman–Crippen LogP) is 0.695. The van der Waals surface area contributed by atoms with Gasteiger partial charge in [0.2, 0.25) is 5.91 Å². The second-order valence-electron chi connectivity index (χ2n) is 7.92. The lowest BCUT2D eigenvalue weighted by molar-refractivity contribution is -0.151. The molecule has 2 N–H and O–H groups in total. The van der Waals surface area contributed by atoms with E-state index in [4.69, 9.17) is 16.3 Å². The highest BCUT2D eigenvalue weighted by molar-refractivity contribution is 6.30. The van der Waals surface area contributed by atoms with Crippen LogP contribution in [-0.2, 0) is 20.9 Å². The third-order valence-electron chi connectivity index (χ3n) is 4.41. The number of amides is 2. The molecule has 0 saturated carbocycles. The van der Waals surface area contributed by atoms with Crippen molar-refractivity contribution in [3.63, 3.8) is 0 Å². The van der Waals surface area contributed by atoms with Crippen LogP contribution in [0.2, 0.25) is 5.02 Å². The van der Waals surface area contributed by atoms with E-state index >= 15 is 0 Å². The first-order valence-corrected chi connectivity index (χ1v) is 10.0. The second kappa shape index (κ2) is 9.50. The van der Waals surface area contributed by atoms with E-state index in [-0.39, 0.29) is 19.6 Å². The van der Waals surface area contributed by atoms with Crippen LogP contribution in [-0.4, -0.2) is 72.7 Å². The van der Waals surface area contributed by atoms with Crippen LogP contribution in [0.5, 0.6) is 0 Å². The normalized spacial score (nSPS) is 17.1. The first-order valence-electron chi connectivity index (χ1n) is 9.63. The lowest BCUT2D eigenvalue weighted by Crippen LogP contribution is -2.49. The summed E-state index contributed by atoms with van der Waals surface area (Å²) in [6, 6.07) is 4.25. The molecular weight excluding hydrogens is 426 g/mol. The molecule has 0 unspecified atom stereocenters. The second-order valence-corrected chi connectivity index (χ2v) is 8.35. The number of halogens is 1. The van der Waals surface area contributed by atoms with Crippen molar-refractivity contribution in [1.82, 2.24) is 30.5 Å². The van der Waals surface area contributed by atoms with E-state index in [1.54, 1.807) is 18.2 Å². The van der Waals surface area contributed by atoms with Crippen molar-refractivity contribution in [3.05, 3.63) is 35.1 Å². The zero-order valence-corrected chi connectivity index (χ0v) is 18.2. The molecule has 2 atom stereocenters. The topological polar surface area (TPSA) is 135 Å². The standard InChI is InChI=1S/C19H24ClN7O4/c1-19(2,3)31-10-16(28)18(30)27-15(6-7-23-27)17(29)21-9-12-8-13(20)4-5-14(12)26-11-22-24-25-26/h4-5,7-8,11,15-16,28H,6,9-10H2,1-3H3,(H,21,29)/t15-,16+/m0/s1. The highest BCUT2D eigenvalue weighted by atomic mass is 35.5. The highest BCUT2D eigenvalue weighted by Gasteiger charge is 2.36. The van der Waals surface area contributed by atoms with Crippen LogP contribution in [0.4, 0.5) is 0 Å². The van der Waals surface area contributed by atoms with Crippen LogP contribution < -0.4 is 5.32 Å². The number of rotatable bonds is 7. The minimum atomic E-state index is -1.43. The fraction of sp³-hybridized carbons (Fsp3) is 0.474. The number of aromatic nitrogens is 4. The molecule has 31 heavy (non-hydrogen) atoms. The van der Waals surface area contributed by atoms with Gasteiger partial charge in [0.1, 0.15) is 12.4 Å². The van der Waals surface area contributed by atoms with Gasteiger partial charge in [-0.15, -0.1) is 5.10 Å². The minimum absolute atomic E-state index is 0.128. The van der Waals surface area contributed by atoms with E-state index in [9.17, 15) is 14.7 Å². The Bertz CT molecular complexity index is 959. The van der Waals surface area contributed by atoms with Crippen LogP contribution >= 0.6 is 11.6 Å². The molecule has 0 aliphatic carbocycles. The first-order chi connectivity index (χ1) is 14.7. The Morgan fingerprint density at radius 3 is 2.84 bits per heavy atom. The lowest BCUT2D eigenvalue weighted by atomic mass is 10.1. The lowest BCUT2D eigenvalue weighted by Gasteiger charge is -2.26. The molecule has 12 heteroatoms. The molecule has 0 fully saturated rings. The maximum Gasteiger partial charge on any atom is 0.274 e. The Labute approximate surface area is 184 Å². The van der Waals surface area contributed by atoms with E-state index < -0.39 is 29.6 Å². The Morgan fingerprint density at radius 2 is 2.16 bits per heavy atom. The van der Waals surface area contributed by atoms with E-state index in [1.807, 2.05) is 20.8 Å². The van der Waals surface area contributed by atoms with E-state index in [2.05, 4.69) is 25.9 Å². The van der Waals surface area contributed by atoms with E-state index in [0.717, 1.165) is 5.01 Å². The Hall–Kier alpha value is -2.89. The predicted molar refractivity (Wildman–Crippen MR) is 111 cm³/mol. The average molecular weight is 450 g/mol. The van der Waals surface area contributed by atoms with Gasteiger partial charge in [0.15, 0.2) is 6.10 Å². The summed E-state index contributed by atoms with van der Waals surface area (Å²) in [5.74, 6) is -1.12. The monoisotopic (exact) mass is 449 g/mol. The van der Waals surface area contributed by atoms with Crippen molar-refractivity contribution in [3.8, 4) is 5.69 Å². The number of hydrogen-bond acceptors (Lipinski definition) is 8. The van der Waals surface area contributed by atoms with Crippen LogP contribution in [0, 0.1) is 0 Å². The zero-order chi connectivity index (χ0) is 22.6. The van der Waals surface area contributed by atoms with Crippen molar-refractivity contribution >= 4 is 29.6 Å². The summed E-state index contributed by atoms with van der Waals surface area (Å²) in [7, 11) is 0. The number of nitrogens with zero attached hydrogens (tertiary/aromatic N) is 6. The van der Waals surface area contributed by atoms with Gasteiger partial charge in [0.25, 0.3) is 5.91 Å². The van der Waals surface area contributed by atoms with Crippen molar-refractivity contribution in [2.75, 3.05) is 6.61 Å². The molecule has 1 aromatic carbocycles. The molecule has 2 heterocycles. The molecule has 0 saturated heterocycles. The summed E-state index contributed by atoms with van der Waals surface area (Å²) in [6.07, 6.45) is 1.70. The molecule has 1 aromatic heterocycles. The molecule has 166 valence electrons. The van der Waals surface area contributed by atoms with Crippen LogP contribution in [0.25, 0.3) is 5.69 Å². The smallest absolute Gasteiger partial charge is 0.274 e. The maximum atomic E-state index is 12.8. The van der Waals surface area contributed by atoms with Crippen molar-refractivity contribution in [2.24, 2.45) is 5.10 Å². The quantitative estimate of drug-likeness (QED) is 0.635. The van der Waals surface area contributed by atoms with Crippen LogP contribution in [0.1, 0.15) is 32.8 Å². The van der Waals surface area contributed by atoms with Gasteiger partial charge in [0.05, 0.1) is 17.9 Å². The van der Waals surface area contributed by atoms with Gasteiger partial charge in [-0.05, 0) is 55.0 Å². The molecule has 2 amide bonds. The zero-order valence-electron chi connectivity index (χ0n) is 17.4. The number of carbonyl (C=O) groups excluding carboxylic acids is 2.